The monoisotopic (exact) mass is 236 g/mol. The molecule has 1 aromatic heterocycles. The zero-order valence-electron chi connectivity index (χ0n) is 7.94. The van der Waals surface area contributed by atoms with Crippen molar-refractivity contribution < 1.29 is 17.2 Å². The van der Waals surface area contributed by atoms with Crippen molar-refractivity contribution in [3.05, 3.63) is 23.9 Å². The number of pyridine rings is 1. The van der Waals surface area contributed by atoms with Gasteiger partial charge in [0.05, 0.1) is 5.75 Å². The van der Waals surface area contributed by atoms with Gasteiger partial charge in [-0.3, -0.25) is 4.72 Å². The van der Waals surface area contributed by atoms with Gasteiger partial charge in [0.15, 0.2) is 0 Å². The Hall–Kier alpha value is -1.24. The Kier molecular flexibility index (Phi) is 3.57. The Bertz CT molecular complexity index is 434. The number of sulfonamides is 1. The molecule has 7 heteroatoms. The smallest absolute Gasteiger partial charge is 0.267 e. The molecule has 1 heterocycles. The predicted molar refractivity (Wildman–Crippen MR) is 52.3 cm³/mol. The summed E-state index contributed by atoms with van der Waals surface area (Å²) in [6.45, 7) is 1.44. The summed E-state index contributed by atoms with van der Waals surface area (Å²) in [5, 5.41) is 0. The molecule has 84 valence electrons. The average molecular weight is 236 g/mol. The summed E-state index contributed by atoms with van der Waals surface area (Å²) < 4.78 is 48.8. The lowest BCUT2D eigenvalue weighted by molar-refractivity contribution is 0.146. The van der Waals surface area contributed by atoms with Crippen LogP contribution < -0.4 is 4.72 Å². The molecule has 1 aromatic rings. The van der Waals surface area contributed by atoms with Crippen molar-refractivity contribution in [2.24, 2.45) is 0 Å². The minimum absolute atomic E-state index is 0.0883. The van der Waals surface area contributed by atoms with Gasteiger partial charge in [0.2, 0.25) is 10.0 Å². The van der Waals surface area contributed by atoms with Crippen LogP contribution in [0.3, 0.4) is 0 Å². The van der Waals surface area contributed by atoms with Crippen LogP contribution in [-0.2, 0) is 10.0 Å². The molecule has 0 saturated heterocycles. The van der Waals surface area contributed by atoms with E-state index in [4.69, 9.17) is 0 Å². The van der Waals surface area contributed by atoms with Crippen molar-refractivity contribution in [2.75, 3.05) is 10.5 Å². The molecule has 1 rings (SSSR count). The first-order chi connectivity index (χ1) is 6.94. The second kappa shape index (κ2) is 4.52. The number of anilines is 1. The minimum Gasteiger partial charge on any atom is -0.267 e. The Morgan fingerprint density at radius 3 is 2.67 bits per heavy atom. The third-order valence-corrected chi connectivity index (χ3v) is 2.91. The first-order valence-electron chi connectivity index (χ1n) is 4.20. The Balaban J connectivity index is 2.92. The molecule has 0 aliphatic carbocycles. The van der Waals surface area contributed by atoms with Crippen molar-refractivity contribution in [1.29, 1.82) is 0 Å². The largest absolute Gasteiger partial charge is 0.280 e. The van der Waals surface area contributed by atoms with E-state index < -0.39 is 22.1 Å². The van der Waals surface area contributed by atoms with E-state index in [0.717, 1.165) is 6.07 Å². The van der Waals surface area contributed by atoms with E-state index in [0.29, 0.717) is 0 Å². The molecule has 0 aliphatic heterocycles. The van der Waals surface area contributed by atoms with Crippen molar-refractivity contribution in [1.82, 2.24) is 4.98 Å². The SMILES string of the molecule is CCS(=O)(=O)Nc1cccc(C(F)F)n1. The highest BCUT2D eigenvalue weighted by Crippen LogP contribution is 2.18. The third kappa shape index (κ3) is 3.43. The quantitative estimate of drug-likeness (QED) is 0.866. The molecule has 0 atom stereocenters. The topological polar surface area (TPSA) is 59.1 Å². The van der Waals surface area contributed by atoms with E-state index in [-0.39, 0.29) is 11.6 Å². The van der Waals surface area contributed by atoms with Gasteiger partial charge >= 0.3 is 0 Å². The van der Waals surface area contributed by atoms with Gasteiger partial charge in [-0.25, -0.2) is 22.2 Å². The Morgan fingerprint density at radius 1 is 1.47 bits per heavy atom. The molecule has 0 radical (unpaired) electrons. The molecule has 0 amide bonds. The van der Waals surface area contributed by atoms with Crippen LogP contribution in [0.2, 0.25) is 0 Å². The molecule has 0 saturated carbocycles. The first-order valence-corrected chi connectivity index (χ1v) is 5.85. The number of hydrogen-bond donors (Lipinski definition) is 1. The molecule has 0 bridgehead atoms. The number of hydrogen-bond acceptors (Lipinski definition) is 3. The van der Waals surface area contributed by atoms with Crippen LogP contribution in [0.4, 0.5) is 14.6 Å². The number of rotatable bonds is 4. The number of aromatic nitrogens is 1. The fraction of sp³-hybridized carbons (Fsp3) is 0.375. The Morgan fingerprint density at radius 2 is 2.13 bits per heavy atom. The summed E-state index contributed by atoms with van der Waals surface area (Å²) in [4.78, 5) is 3.47. The molecule has 1 N–H and O–H groups in total. The summed E-state index contributed by atoms with van der Waals surface area (Å²) in [5.74, 6) is -0.220. The van der Waals surface area contributed by atoms with Gasteiger partial charge in [0.1, 0.15) is 11.5 Å². The summed E-state index contributed by atoms with van der Waals surface area (Å²) in [7, 11) is -3.47. The lowest BCUT2D eigenvalue weighted by atomic mass is 10.3. The molecular formula is C8H10F2N2O2S. The molecule has 15 heavy (non-hydrogen) atoms. The molecule has 0 spiro atoms. The number of nitrogens with zero attached hydrogens (tertiary/aromatic N) is 1. The minimum atomic E-state index is -3.47. The van der Waals surface area contributed by atoms with Crippen LogP contribution in [0.1, 0.15) is 19.0 Å². The normalized spacial score (nSPS) is 11.7. The summed E-state index contributed by atoms with van der Waals surface area (Å²) in [6.07, 6.45) is -2.71. The van der Waals surface area contributed by atoms with Crippen LogP contribution in [0.25, 0.3) is 0 Å². The van der Waals surface area contributed by atoms with Crippen LogP contribution in [0.15, 0.2) is 18.2 Å². The zero-order valence-corrected chi connectivity index (χ0v) is 8.76. The number of halogens is 2. The summed E-state index contributed by atoms with van der Waals surface area (Å²) in [5.41, 5.74) is -0.452. The molecule has 0 unspecified atom stereocenters. The zero-order chi connectivity index (χ0) is 11.5. The van der Waals surface area contributed by atoms with Gasteiger partial charge in [-0.05, 0) is 19.1 Å². The van der Waals surface area contributed by atoms with Gasteiger partial charge < -0.3 is 0 Å². The van der Waals surface area contributed by atoms with Crippen molar-refractivity contribution in [3.8, 4) is 0 Å². The van der Waals surface area contributed by atoms with Crippen molar-refractivity contribution in [3.63, 3.8) is 0 Å². The van der Waals surface area contributed by atoms with Crippen LogP contribution in [-0.4, -0.2) is 19.2 Å². The molecule has 0 aliphatic rings. The van der Waals surface area contributed by atoms with E-state index in [1.807, 2.05) is 0 Å². The van der Waals surface area contributed by atoms with E-state index in [1.54, 1.807) is 0 Å². The van der Waals surface area contributed by atoms with Gasteiger partial charge in [-0.15, -0.1) is 0 Å². The molecular weight excluding hydrogens is 226 g/mol. The Labute approximate surface area is 86.4 Å². The van der Waals surface area contributed by atoms with Gasteiger partial charge in [0, 0.05) is 0 Å². The average Bonchev–Trinajstić information content (AvgIpc) is 2.17. The standard InChI is InChI=1S/C8H10F2N2O2S/c1-2-15(13,14)12-7-5-3-4-6(11-7)8(9)10/h3-5,8H,2H2,1H3,(H,11,12). The van der Waals surface area contributed by atoms with Crippen molar-refractivity contribution >= 4 is 15.8 Å². The van der Waals surface area contributed by atoms with E-state index in [1.165, 1.54) is 19.1 Å². The molecule has 0 aromatic carbocycles. The maximum Gasteiger partial charge on any atom is 0.280 e. The molecule has 4 nitrogen and oxygen atoms in total. The van der Waals surface area contributed by atoms with Gasteiger partial charge in [-0.2, -0.15) is 0 Å². The van der Waals surface area contributed by atoms with Crippen molar-refractivity contribution in [2.45, 2.75) is 13.3 Å². The highest BCUT2D eigenvalue weighted by Gasteiger charge is 2.11. The van der Waals surface area contributed by atoms with Crippen LogP contribution in [0, 0.1) is 0 Å². The maximum atomic E-state index is 12.2. The third-order valence-electron chi connectivity index (χ3n) is 1.63. The number of alkyl halides is 2. The molecule has 0 fully saturated rings. The second-order valence-corrected chi connectivity index (χ2v) is 4.76. The lowest BCUT2D eigenvalue weighted by Gasteiger charge is -2.06. The van der Waals surface area contributed by atoms with E-state index >= 15 is 0 Å². The van der Waals surface area contributed by atoms with Gasteiger partial charge in [0.25, 0.3) is 6.43 Å². The predicted octanol–water partition coefficient (Wildman–Crippen LogP) is 1.78. The van der Waals surface area contributed by atoms with E-state index in [2.05, 4.69) is 9.71 Å². The fourth-order valence-corrected chi connectivity index (χ4v) is 1.44. The highest BCUT2D eigenvalue weighted by atomic mass is 32.2. The van der Waals surface area contributed by atoms with Crippen LogP contribution >= 0.6 is 0 Å². The van der Waals surface area contributed by atoms with Gasteiger partial charge in [-0.1, -0.05) is 6.07 Å². The van der Waals surface area contributed by atoms with E-state index in [9.17, 15) is 17.2 Å². The maximum absolute atomic E-state index is 12.2. The van der Waals surface area contributed by atoms with Crippen LogP contribution in [0.5, 0.6) is 0 Å². The first kappa shape index (κ1) is 11.8. The second-order valence-electron chi connectivity index (χ2n) is 2.75. The summed E-state index contributed by atoms with van der Waals surface area (Å²) in [6, 6.07) is 3.77. The number of nitrogens with one attached hydrogen (secondary N) is 1. The fourth-order valence-electron chi connectivity index (χ4n) is 0.861. The highest BCUT2D eigenvalue weighted by molar-refractivity contribution is 7.92. The summed E-state index contributed by atoms with van der Waals surface area (Å²) >= 11 is 0. The lowest BCUT2D eigenvalue weighted by Crippen LogP contribution is -2.15.